The lowest BCUT2D eigenvalue weighted by Gasteiger charge is -2.25. The summed E-state index contributed by atoms with van der Waals surface area (Å²) >= 11 is 5.89. The van der Waals surface area contributed by atoms with Crippen molar-refractivity contribution in [3.8, 4) is 0 Å². The van der Waals surface area contributed by atoms with Crippen LogP contribution < -0.4 is 5.32 Å². The molecule has 94 valence electrons. The third kappa shape index (κ3) is 3.46. The van der Waals surface area contributed by atoms with Crippen molar-refractivity contribution in [1.82, 2.24) is 5.32 Å². The van der Waals surface area contributed by atoms with E-state index in [0.29, 0.717) is 17.5 Å². The fourth-order valence-corrected chi connectivity index (χ4v) is 2.42. The molecule has 1 aromatic rings. The van der Waals surface area contributed by atoms with Gasteiger partial charge >= 0.3 is 0 Å². The number of rotatable bonds is 5. The molecular formula is C15H22ClN. The van der Waals surface area contributed by atoms with Crippen LogP contribution in [0.2, 0.25) is 5.02 Å². The molecule has 1 aliphatic carbocycles. The molecule has 0 aliphatic heterocycles. The lowest BCUT2D eigenvalue weighted by atomic mass is 9.98. The molecule has 0 amide bonds. The minimum absolute atomic E-state index is 0.517. The van der Waals surface area contributed by atoms with Crippen LogP contribution in [0.4, 0.5) is 0 Å². The van der Waals surface area contributed by atoms with Gasteiger partial charge in [0.25, 0.3) is 0 Å². The maximum Gasteiger partial charge on any atom is 0.0406 e. The minimum atomic E-state index is 0.517. The standard InChI is InChI=1S/C15H22ClN/c1-11(17-12(2)15(3)8-9-15)10-13-4-6-14(16)7-5-13/h4-7,11-12,17H,8-10H2,1-3H3. The molecule has 0 heterocycles. The molecule has 0 spiro atoms. The lowest BCUT2D eigenvalue weighted by Crippen LogP contribution is -2.40. The Kier molecular flexibility index (Phi) is 3.79. The molecule has 2 atom stereocenters. The summed E-state index contributed by atoms with van der Waals surface area (Å²) in [6.07, 6.45) is 3.81. The van der Waals surface area contributed by atoms with Gasteiger partial charge in [0.15, 0.2) is 0 Å². The average Bonchev–Trinajstić information content (AvgIpc) is 3.01. The van der Waals surface area contributed by atoms with E-state index < -0.39 is 0 Å². The van der Waals surface area contributed by atoms with Crippen LogP contribution in [0, 0.1) is 5.41 Å². The highest BCUT2D eigenvalue weighted by molar-refractivity contribution is 6.30. The third-order valence-corrected chi connectivity index (χ3v) is 4.33. The highest BCUT2D eigenvalue weighted by Crippen LogP contribution is 2.48. The van der Waals surface area contributed by atoms with Gasteiger partial charge in [0, 0.05) is 17.1 Å². The molecule has 2 rings (SSSR count). The molecule has 1 fully saturated rings. The molecule has 0 radical (unpaired) electrons. The quantitative estimate of drug-likeness (QED) is 0.833. The van der Waals surface area contributed by atoms with Gasteiger partial charge in [-0.15, -0.1) is 0 Å². The van der Waals surface area contributed by atoms with Gasteiger partial charge in [-0.3, -0.25) is 0 Å². The first-order valence-corrected chi connectivity index (χ1v) is 6.88. The predicted octanol–water partition coefficient (Wildman–Crippen LogP) is 4.05. The molecule has 0 saturated heterocycles. The molecule has 0 bridgehead atoms. The van der Waals surface area contributed by atoms with Crippen LogP contribution in [0.5, 0.6) is 0 Å². The number of nitrogens with one attached hydrogen (secondary N) is 1. The SMILES string of the molecule is CC(Cc1ccc(Cl)cc1)NC(C)C1(C)CC1. The normalized spacial score (nSPS) is 20.9. The molecule has 1 saturated carbocycles. The molecule has 2 unspecified atom stereocenters. The van der Waals surface area contributed by atoms with Gasteiger partial charge in [-0.25, -0.2) is 0 Å². The molecule has 1 aliphatic rings. The summed E-state index contributed by atoms with van der Waals surface area (Å²) in [4.78, 5) is 0. The second kappa shape index (κ2) is 4.99. The zero-order chi connectivity index (χ0) is 12.5. The Labute approximate surface area is 110 Å². The fraction of sp³-hybridized carbons (Fsp3) is 0.600. The summed E-state index contributed by atoms with van der Waals surface area (Å²) in [5, 5.41) is 4.53. The summed E-state index contributed by atoms with van der Waals surface area (Å²) in [6.45, 7) is 6.95. The maximum absolute atomic E-state index is 5.89. The van der Waals surface area contributed by atoms with E-state index in [9.17, 15) is 0 Å². The first kappa shape index (κ1) is 12.9. The summed E-state index contributed by atoms with van der Waals surface area (Å²) in [5.41, 5.74) is 1.90. The van der Waals surface area contributed by atoms with Crippen LogP contribution in [0.1, 0.15) is 39.2 Å². The molecule has 1 aromatic carbocycles. The Balaban J connectivity index is 1.84. The maximum atomic E-state index is 5.89. The number of hydrogen-bond donors (Lipinski definition) is 1. The van der Waals surface area contributed by atoms with Gasteiger partial charge in [0.05, 0.1) is 0 Å². The third-order valence-electron chi connectivity index (χ3n) is 4.07. The Morgan fingerprint density at radius 1 is 1.24 bits per heavy atom. The van der Waals surface area contributed by atoms with Crippen LogP contribution in [-0.2, 0) is 6.42 Å². The minimum Gasteiger partial charge on any atom is -0.311 e. The second-order valence-electron chi connectivity index (χ2n) is 5.77. The van der Waals surface area contributed by atoms with E-state index in [2.05, 4.69) is 38.2 Å². The topological polar surface area (TPSA) is 12.0 Å². The average molecular weight is 252 g/mol. The number of benzene rings is 1. The lowest BCUT2D eigenvalue weighted by molar-refractivity contribution is 0.346. The van der Waals surface area contributed by atoms with Crippen molar-refractivity contribution < 1.29 is 0 Å². The van der Waals surface area contributed by atoms with E-state index >= 15 is 0 Å². The van der Waals surface area contributed by atoms with Gasteiger partial charge in [-0.05, 0) is 56.2 Å². The van der Waals surface area contributed by atoms with E-state index in [0.717, 1.165) is 11.4 Å². The van der Waals surface area contributed by atoms with Gasteiger partial charge in [0.1, 0.15) is 0 Å². The van der Waals surface area contributed by atoms with Crippen LogP contribution in [0.3, 0.4) is 0 Å². The molecule has 0 aromatic heterocycles. The highest BCUT2D eigenvalue weighted by Gasteiger charge is 2.42. The summed E-state index contributed by atoms with van der Waals surface area (Å²) in [7, 11) is 0. The predicted molar refractivity (Wildman–Crippen MR) is 74.6 cm³/mol. The molecular weight excluding hydrogens is 230 g/mol. The smallest absolute Gasteiger partial charge is 0.0406 e. The second-order valence-corrected chi connectivity index (χ2v) is 6.21. The van der Waals surface area contributed by atoms with Crippen molar-refractivity contribution in [3.05, 3.63) is 34.9 Å². The van der Waals surface area contributed by atoms with Crippen molar-refractivity contribution >= 4 is 11.6 Å². The van der Waals surface area contributed by atoms with Crippen LogP contribution in [0.25, 0.3) is 0 Å². The van der Waals surface area contributed by atoms with Crippen LogP contribution >= 0.6 is 11.6 Å². The van der Waals surface area contributed by atoms with E-state index in [-0.39, 0.29) is 0 Å². The van der Waals surface area contributed by atoms with Crippen molar-refractivity contribution in [3.63, 3.8) is 0 Å². The van der Waals surface area contributed by atoms with Crippen molar-refractivity contribution in [2.45, 2.75) is 52.1 Å². The van der Waals surface area contributed by atoms with E-state index in [1.165, 1.54) is 18.4 Å². The largest absolute Gasteiger partial charge is 0.311 e. The first-order chi connectivity index (χ1) is 7.99. The molecule has 2 heteroatoms. The van der Waals surface area contributed by atoms with E-state index in [1.807, 2.05) is 12.1 Å². The molecule has 17 heavy (non-hydrogen) atoms. The number of halogens is 1. The summed E-state index contributed by atoms with van der Waals surface area (Å²) in [5.74, 6) is 0. The van der Waals surface area contributed by atoms with Crippen molar-refractivity contribution in [2.75, 3.05) is 0 Å². The Morgan fingerprint density at radius 2 is 1.82 bits per heavy atom. The molecule has 1 nitrogen and oxygen atoms in total. The zero-order valence-electron chi connectivity index (χ0n) is 11.0. The van der Waals surface area contributed by atoms with Crippen molar-refractivity contribution in [1.29, 1.82) is 0 Å². The first-order valence-electron chi connectivity index (χ1n) is 6.50. The van der Waals surface area contributed by atoms with Gasteiger partial charge in [0.2, 0.25) is 0 Å². The van der Waals surface area contributed by atoms with E-state index in [1.54, 1.807) is 0 Å². The van der Waals surface area contributed by atoms with Gasteiger partial charge < -0.3 is 5.32 Å². The Bertz CT molecular complexity index is 367. The van der Waals surface area contributed by atoms with Gasteiger partial charge in [-0.1, -0.05) is 30.7 Å². The van der Waals surface area contributed by atoms with Crippen molar-refractivity contribution in [2.24, 2.45) is 5.41 Å². The van der Waals surface area contributed by atoms with Crippen LogP contribution in [0.15, 0.2) is 24.3 Å². The monoisotopic (exact) mass is 251 g/mol. The Morgan fingerprint density at radius 3 is 2.35 bits per heavy atom. The molecule has 1 N–H and O–H groups in total. The zero-order valence-corrected chi connectivity index (χ0v) is 11.7. The summed E-state index contributed by atoms with van der Waals surface area (Å²) < 4.78 is 0. The fourth-order valence-electron chi connectivity index (χ4n) is 2.29. The highest BCUT2D eigenvalue weighted by atomic mass is 35.5. The number of hydrogen-bond acceptors (Lipinski definition) is 1. The Hall–Kier alpha value is -0.530. The van der Waals surface area contributed by atoms with E-state index in [4.69, 9.17) is 11.6 Å². The van der Waals surface area contributed by atoms with Crippen LogP contribution in [-0.4, -0.2) is 12.1 Å². The summed E-state index contributed by atoms with van der Waals surface area (Å²) in [6, 6.07) is 9.30. The van der Waals surface area contributed by atoms with Gasteiger partial charge in [-0.2, -0.15) is 0 Å².